The van der Waals surface area contributed by atoms with Crippen LogP contribution in [0.1, 0.15) is 17.2 Å². The Labute approximate surface area is 154 Å². The molecule has 1 N–H and O–H groups in total. The van der Waals surface area contributed by atoms with Crippen LogP contribution in [-0.4, -0.2) is 41.3 Å². The third kappa shape index (κ3) is 3.31. The summed E-state index contributed by atoms with van der Waals surface area (Å²) in [4.78, 5) is 37.7. The highest BCUT2D eigenvalue weighted by atomic mass is 19.1. The van der Waals surface area contributed by atoms with Crippen LogP contribution in [0.3, 0.4) is 0 Å². The topological polar surface area (TPSA) is 83.9 Å². The van der Waals surface area contributed by atoms with E-state index in [4.69, 9.17) is 0 Å². The van der Waals surface area contributed by atoms with Crippen LogP contribution in [0.15, 0.2) is 60.2 Å². The molecule has 0 aromatic heterocycles. The standard InChI is InChI=1S/C20H16FNO5/c1-27-15(23)11-22-17(13-9-5-6-10-14(13)21)16(19(25)20(22)26)18(24)12-7-3-2-4-8-12/h2-10,17,24H,11H2,1H3/b18-16-. The Morgan fingerprint density at radius 3 is 2.37 bits per heavy atom. The Hall–Kier alpha value is -3.48. The van der Waals surface area contributed by atoms with Gasteiger partial charge < -0.3 is 14.7 Å². The van der Waals surface area contributed by atoms with Crippen molar-refractivity contribution < 1.29 is 28.6 Å². The minimum absolute atomic E-state index is 0.00177. The van der Waals surface area contributed by atoms with Crippen LogP contribution in [-0.2, 0) is 19.1 Å². The first-order chi connectivity index (χ1) is 13.0. The van der Waals surface area contributed by atoms with E-state index in [-0.39, 0.29) is 11.1 Å². The number of likely N-dealkylation sites (tertiary alicyclic amines) is 1. The first-order valence-corrected chi connectivity index (χ1v) is 8.10. The summed E-state index contributed by atoms with van der Waals surface area (Å²) >= 11 is 0. The molecule has 0 bridgehead atoms. The van der Waals surface area contributed by atoms with Crippen molar-refractivity contribution in [2.45, 2.75) is 6.04 Å². The molecule has 7 heteroatoms. The average molecular weight is 369 g/mol. The van der Waals surface area contributed by atoms with Crippen LogP contribution in [0.5, 0.6) is 0 Å². The largest absolute Gasteiger partial charge is 0.507 e. The summed E-state index contributed by atoms with van der Waals surface area (Å²) in [6.45, 7) is -0.550. The van der Waals surface area contributed by atoms with Gasteiger partial charge in [0.25, 0.3) is 11.7 Å². The number of halogens is 1. The van der Waals surface area contributed by atoms with Gasteiger partial charge in [-0.05, 0) is 6.07 Å². The smallest absolute Gasteiger partial charge is 0.325 e. The van der Waals surface area contributed by atoms with Crippen LogP contribution < -0.4 is 0 Å². The van der Waals surface area contributed by atoms with Crippen molar-refractivity contribution in [3.63, 3.8) is 0 Å². The molecule has 1 atom stereocenters. The summed E-state index contributed by atoms with van der Waals surface area (Å²) < 4.78 is 19.0. The molecule has 27 heavy (non-hydrogen) atoms. The second kappa shape index (κ2) is 7.41. The molecule has 0 radical (unpaired) electrons. The lowest BCUT2D eigenvalue weighted by Crippen LogP contribution is -2.35. The highest BCUT2D eigenvalue weighted by Crippen LogP contribution is 2.40. The lowest BCUT2D eigenvalue weighted by Gasteiger charge is -2.24. The van der Waals surface area contributed by atoms with E-state index in [9.17, 15) is 23.9 Å². The van der Waals surface area contributed by atoms with E-state index in [2.05, 4.69) is 4.74 Å². The van der Waals surface area contributed by atoms with Gasteiger partial charge in [-0.15, -0.1) is 0 Å². The van der Waals surface area contributed by atoms with Crippen molar-refractivity contribution in [3.8, 4) is 0 Å². The number of Topliss-reactive ketones (excluding diaryl/α,β-unsaturated/α-hetero) is 1. The van der Waals surface area contributed by atoms with Crippen LogP contribution in [0.4, 0.5) is 4.39 Å². The predicted molar refractivity (Wildman–Crippen MR) is 93.9 cm³/mol. The van der Waals surface area contributed by atoms with E-state index in [0.29, 0.717) is 5.56 Å². The Morgan fingerprint density at radius 2 is 1.74 bits per heavy atom. The molecule has 0 spiro atoms. The van der Waals surface area contributed by atoms with Gasteiger partial charge >= 0.3 is 5.97 Å². The first-order valence-electron chi connectivity index (χ1n) is 8.10. The third-order valence-corrected chi connectivity index (χ3v) is 4.31. The summed E-state index contributed by atoms with van der Waals surface area (Å²) in [5, 5.41) is 10.7. The number of ether oxygens (including phenoxy) is 1. The number of esters is 1. The number of amides is 1. The summed E-state index contributed by atoms with van der Waals surface area (Å²) in [6, 6.07) is 12.5. The molecule has 1 saturated heterocycles. The van der Waals surface area contributed by atoms with E-state index in [1.165, 1.54) is 18.2 Å². The van der Waals surface area contributed by atoms with Gasteiger partial charge in [-0.1, -0.05) is 48.5 Å². The van der Waals surface area contributed by atoms with E-state index in [0.717, 1.165) is 12.0 Å². The predicted octanol–water partition coefficient (Wildman–Crippen LogP) is 2.42. The van der Waals surface area contributed by atoms with Gasteiger partial charge in [-0.2, -0.15) is 0 Å². The molecule has 1 amide bonds. The fourth-order valence-electron chi connectivity index (χ4n) is 3.02. The molecule has 1 unspecified atom stereocenters. The van der Waals surface area contributed by atoms with Crippen molar-refractivity contribution in [2.24, 2.45) is 0 Å². The highest BCUT2D eigenvalue weighted by molar-refractivity contribution is 6.46. The van der Waals surface area contributed by atoms with Crippen molar-refractivity contribution in [1.82, 2.24) is 4.90 Å². The van der Waals surface area contributed by atoms with Gasteiger partial charge in [0.05, 0.1) is 18.7 Å². The number of aliphatic hydroxyl groups excluding tert-OH is 1. The summed E-state index contributed by atoms with van der Waals surface area (Å²) in [7, 11) is 1.14. The maximum Gasteiger partial charge on any atom is 0.325 e. The van der Waals surface area contributed by atoms with Gasteiger partial charge in [0.2, 0.25) is 0 Å². The normalized spacial score (nSPS) is 18.6. The molecule has 138 valence electrons. The molecule has 1 aliphatic rings. The molecular weight excluding hydrogens is 353 g/mol. The maximum absolute atomic E-state index is 14.5. The molecular formula is C20H16FNO5. The van der Waals surface area contributed by atoms with Crippen LogP contribution in [0.2, 0.25) is 0 Å². The summed E-state index contributed by atoms with van der Waals surface area (Å²) in [5.41, 5.74) is 0.0215. The molecule has 0 aliphatic carbocycles. The van der Waals surface area contributed by atoms with E-state index < -0.39 is 41.8 Å². The first kappa shape index (κ1) is 18.3. The quantitative estimate of drug-likeness (QED) is 0.387. The minimum Gasteiger partial charge on any atom is -0.507 e. The summed E-state index contributed by atoms with van der Waals surface area (Å²) in [5.74, 6) is -3.87. The van der Waals surface area contributed by atoms with Gasteiger partial charge in [-0.3, -0.25) is 14.4 Å². The number of methoxy groups -OCH3 is 1. The SMILES string of the molecule is COC(=O)CN1C(=O)C(=O)/C(=C(\O)c2ccccc2)C1c1ccccc1F. The molecule has 1 fully saturated rings. The summed E-state index contributed by atoms with van der Waals surface area (Å²) in [6.07, 6.45) is 0. The van der Waals surface area contributed by atoms with Crippen LogP contribution in [0, 0.1) is 5.82 Å². The number of ketones is 1. The van der Waals surface area contributed by atoms with Crippen molar-refractivity contribution in [2.75, 3.05) is 13.7 Å². The van der Waals surface area contributed by atoms with E-state index in [1.807, 2.05) is 0 Å². The Morgan fingerprint density at radius 1 is 1.11 bits per heavy atom. The second-order valence-electron chi connectivity index (χ2n) is 5.89. The fraction of sp³-hybridized carbons (Fsp3) is 0.150. The third-order valence-electron chi connectivity index (χ3n) is 4.31. The number of nitrogens with zero attached hydrogens (tertiary/aromatic N) is 1. The zero-order valence-electron chi connectivity index (χ0n) is 14.4. The van der Waals surface area contributed by atoms with Crippen molar-refractivity contribution in [3.05, 3.63) is 77.1 Å². The number of benzene rings is 2. The van der Waals surface area contributed by atoms with Gasteiger partial charge in [0.1, 0.15) is 18.1 Å². The van der Waals surface area contributed by atoms with Crippen LogP contribution >= 0.6 is 0 Å². The lowest BCUT2D eigenvalue weighted by molar-refractivity contribution is -0.148. The van der Waals surface area contributed by atoms with E-state index >= 15 is 0 Å². The number of hydrogen-bond donors (Lipinski definition) is 1. The van der Waals surface area contributed by atoms with Crippen LogP contribution in [0.25, 0.3) is 5.76 Å². The van der Waals surface area contributed by atoms with Gasteiger partial charge in [0.15, 0.2) is 0 Å². The Kier molecular flexibility index (Phi) is 5.03. The zero-order chi connectivity index (χ0) is 19.6. The van der Waals surface area contributed by atoms with Gasteiger partial charge in [0, 0.05) is 11.1 Å². The molecule has 2 aromatic rings. The second-order valence-corrected chi connectivity index (χ2v) is 5.89. The van der Waals surface area contributed by atoms with Gasteiger partial charge in [-0.25, -0.2) is 4.39 Å². The monoisotopic (exact) mass is 369 g/mol. The Balaban J connectivity index is 2.21. The average Bonchev–Trinajstić information content (AvgIpc) is 2.93. The number of rotatable bonds is 4. The highest BCUT2D eigenvalue weighted by Gasteiger charge is 2.47. The number of aliphatic hydroxyl groups is 1. The van der Waals surface area contributed by atoms with Crippen molar-refractivity contribution >= 4 is 23.4 Å². The molecule has 0 saturated carbocycles. The zero-order valence-corrected chi connectivity index (χ0v) is 14.4. The lowest BCUT2D eigenvalue weighted by atomic mass is 9.95. The molecule has 1 aliphatic heterocycles. The van der Waals surface area contributed by atoms with Crippen molar-refractivity contribution in [1.29, 1.82) is 0 Å². The molecule has 1 heterocycles. The molecule has 2 aromatic carbocycles. The Bertz CT molecular complexity index is 938. The fourth-order valence-corrected chi connectivity index (χ4v) is 3.02. The minimum atomic E-state index is -1.24. The number of carbonyl (C=O) groups is 3. The van der Waals surface area contributed by atoms with E-state index in [1.54, 1.807) is 36.4 Å². The number of carbonyl (C=O) groups excluding carboxylic acids is 3. The number of hydrogen-bond acceptors (Lipinski definition) is 5. The molecule has 3 rings (SSSR count). The molecule has 6 nitrogen and oxygen atoms in total. The maximum atomic E-state index is 14.5.